The molecule has 1 aromatic heterocycles. The number of rotatable bonds is 5. The summed E-state index contributed by atoms with van der Waals surface area (Å²) in [6.07, 6.45) is 2.64. The van der Waals surface area contributed by atoms with E-state index < -0.39 is 0 Å². The average molecular weight is 271 g/mol. The molecule has 0 aromatic carbocycles. The van der Waals surface area contributed by atoms with Gasteiger partial charge in [-0.05, 0) is 13.3 Å². The second-order valence-corrected chi connectivity index (χ2v) is 4.73. The van der Waals surface area contributed by atoms with Crippen LogP contribution in [0.2, 0.25) is 5.15 Å². The summed E-state index contributed by atoms with van der Waals surface area (Å²) in [5.41, 5.74) is 0.802. The maximum atomic E-state index is 6.06. The minimum Gasteiger partial charge on any atom is -0.383 e. The monoisotopic (exact) mass is 270 g/mol. The van der Waals surface area contributed by atoms with Gasteiger partial charge in [0, 0.05) is 32.7 Å². The number of hydrogen-bond donors (Lipinski definition) is 1. The zero-order valence-corrected chi connectivity index (χ0v) is 11.6. The molecule has 100 valence electrons. The number of nitrogens with zero attached hydrogens (tertiary/aromatic N) is 3. The van der Waals surface area contributed by atoms with Crippen LogP contribution < -0.4 is 10.2 Å². The Labute approximate surface area is 113 Å². The van der Waals surface area contributed by atoms with E-state index in [1.807, 2.05) is 14.0 Å². The van der Waals surface area contributed by atoms with Crippen molar-refractivity contribution >= 4 is 23.1 Å². The van der Waals surface area contributed by atoms with Crippen LogP contribution in [0.5, 0.6) is 0 Å². The first-order valence-electron chi connectivity index (χ1n) is 6.27. The van der Waals surface area contributed by atoms with Crippen molar-refractivity contribution in [3.05, 3.63) is 11.5 Å². The van der Waals surface area contributed by atoms with E-state index >= 15 is 0 Å². The Kier molecular flexibility index (Phi) is 4.60. The van der Waals surface area contributed by atoms with E-state index in [-0.39, 0.29) is 0 Å². The summed E-state index contributed by atoms with van der Waals surface area (Å²) in [6.45, 7) is 5.57. The molecule has 1 atom stereocenters. The summed E-state index contributed by atoms with van der Waals surface area (Å²) in [5.74, 6) is 1.46. The normalized spacial score (nSPS) is 19.3. The summed E-state index contributed by atoms with van der Waals surface area (Å²) in [7, 11) is 1.84. The minimum atomic E-state index is 0.468. The SMILES string of the molecule is CCOCC1CCN(c2ncnc(Cl)c2NC)C1. The first-order chi connectivity index (χ1) is 8.76. The maximum absolute atomic E-state index is 6.06. The van der Waals surface area contributed by atoms with Gasteiger partial charge in [0.15, 0.2) is 11.0 Å². The molecule has 2 rings (SSSR count). The first kappa shape index (κ1) is 13.4. The fraction of sp³-hybridized carbons (Fsp3) is 0.667. The number of anilines is 2. The number of halogens is 1. The highest BCUT2D eigenvalue weighted by atomic mass is 35.5. The van der Waals surface area contributed by atoms with Crippen LogP contribution in [0.25, 0.3) is 0 Å². The van der Waals surface area contributed by atoms with Crippen molar-refractivity contribution in [1.82, 2.24) is 9.97 Å². The fourth-order valence-electron chi connectivity index (χ4n) is 2.26. The molecule has 1 aliphatic rings. The van der Waals surface area contributed by atoms with Crippen molar-refractivity contribution in [2.75, 3.05) is 43.6 Å². The van der Waals surface area contributed by atoms with E-state index in [9.17, 15) is 0 Å². The van der Waals surface area contributed by atoms with Crippen molar-refractivity contribution < 1.29 is 4.74 Å². The predicted octanol–water partition coefficient (Wildman–Crippen LogP) is 2.03. The minimum absolute atomic E-state index is 0.468. The van der Waals surface area contributed by atoms with Gasteiger partial charge in [-0.2, -0.15) is 0 Å². The third-order valence-electron chi connectivity index (χ3n) is 3.17. The van der Waals surface area contributed by atoms with Crippen LogP contribution in [0.3, 0.4) is 0 Å². The second-order valence-electron chi connectivity index (χ2n) is 4.37. The van der Waals surface area contributed by atoms with E-state index in [0.29, 0.717) is 11.1 Å². The Bertz CT molecular complexity index is 402. The summed E-state index contributed by atoms with van der Waals surface area (Å²) in [5, 5.41) is 3.54. The molecule has 0 bridgehead atoms. The molecule has 1 aromatic rings. The van der Waals surface area contributed by atoms with Crippen LogP contribution in [0.15, 0.2) is 6.33 Å². The lowest BCUT2D eigenvalue weighted by Crippen LogP contribution is -2.23. The quantitative estimate of drug-likeness (QED) is 0.830. The summed E-state index contributed by atoms with van der Waals surface area (Å²) in [6, 6.07) is 0. The molecule has 1 N–H and O–H groups in total. The lowest BCUT2D eigenvalue weighted by molar-refractivity contribution is 0.117. The Morgan fingerprint density at radius 3 is 3.11 bits per heavy atom. The van der Waals surface area contributed by atoms with Crippen LogP contribution >= 0.6 is 11.6 Å². The van der Waals surface area contributed by atoms with Gasteiger partial charge in [0.2, 0.25) is 0 Å². The molecular formula is C12H19ClN4O. The van der Waals surface area contributed by atoms with E-state index in [4.69, 9.17) is 16.3 Å². The van der Waals surface area contributed by atoms with Crippen LogP contribution in [0.1, 0.15) is 13.3 Å². The van der Waals surface area contributed by atoms with Crippen LogP contribution in [-0.2, 0) is 4.74 Å². The Morgan fingerprint density at radius 1 is 1.56 bits per heavy atom. The van der Waals surface area contributed by atoms with Crippen molar-refractivity contribution in [2.45, 2.75) is 13.3 Å². The third kappa shape index (κ3) is 2.84. The highest BCUT2D eigenvalue weighted by Crippen LogP contribution is 2.32. The van der Waals surface area contributed by atoms with Gasteiger partial charge in [0.05, 0.1) is 6.61 Å². The van der Waals surface area contributed by atoms with Gasteiger partial charge in [0.1, 0.15) is 12.0 Å². The molecule has 1 saturated heterocycles. The van der Waals surface area contributed by atoms with E-state index in [1.54, 1.807) is 0 Å². The smallest absolute Gasteiger partial charge is 0.157 e. The summed E-state index contributed by atoms with van der Waals surface area (Å²) in [4.78, 5) is 10.6. The molecule has 0 radical (unpaired) electrons. The third-order valence-corrected chi connectivity index (χ3v) is 3.46. The molecular weight excluding hydrogens is 252 g/mol. The van der Waals surface area contributed by atoms with E-state index in [2.05, 4.69) is 20.2 Å². The number of nitrogens with one attached hydrogen (secondary N) is 1. The molecule has 2 heterocycles. The van der Waals surface area contributed by atoms with Gasteiger partial charge < -0.3 is 15.0 Å². The number of ether oxygens (including phenoxy) is 1. The van der Waals surface area contributed by atoms with Crippen molar-refractivity contribution in [2.24, 2.45) is 5.92 Å². The Hall–Kier alpha value is -1.07. The number of hydrogen-bond acceptors (Lipinski definition) is 5. The molecule has 5 nitrogen and oxygen atoms in total. The lowest BCUT2D eigenvalue weighted by atomic mass is 10.1. The Balaban J connectivity index is 2.07. The van der Waals surface area contributed by atoms with E-state index in [1.165, 1.54) is 6.33 Å². The highest BCUT2D eigenvalue weighted by Gasteiger charge is 2.26. The zero-order chi connectivity index (χ0) is 13.0. The lowest BCUT2D eigenvalue weighted by Gasteiger charge is -2.20. The van der Waals surface area contributed by atoms with Crippen LogP contribution in [0, 0.1) is 5.92 Å². The topological polar surface area (TPSA) is 50.3 Å². The Morgan fingerprint density at radius 2 is 2.39 bits per heavy atom. The first-order valence-corrected chi connectivity index (χ1v) is 6.65. The van der Waals surface area contributed by atoms with Gasteiger partial charge in [0.25, 0.3) is 0 Å². The molecule has 0 amide bonds. The van der Waals surface area contributed by atoms with Gasteiger partial charge >= 0.3 is 0 Å². The molecule has 0 aliphatic carbocycles. The summed E-state index contributed by atoms with van der Waals surface area (Å²) < 4.78 is 5.48. The molecule has 1 fully saturated rings. The fourth-order valence-corrected chi connectivity index (χ4v) is 2.48. The van der Waals surface area contributed by atoms with Gasteiger partial charge in [-0.3, -0.25) is 0 Å². The molecule has 1 unspecified atom stereocenters. The molecule has 0 spiro atoms. The molecule has 18 heavy (non-hydrogen) atoms. The zero-order valence-electron chi connectivity index (χ0n) is 10.8. The van der Waals surface area contributed by atoms with Crippen molar-refractivity contribution in [1.29, 1.82) is 0 Å². The van der Waals surface area contributed by atoms with Crippen molar-refractivity contribution in [3.63, 3.8) is 0 Å². The van der Waals surface area contributed by atoms with E-state index in [0.717, 1.165) is 44.2 Å². The molecule has 6 heteroatoms. The standard InChI is InChI=1S/C12H19ClN4O/c1-3-18-7-9-4-5-17(6-9)12-10(14-2)11(13)15-8-16-12/h8-9,14H,3-7H2,1-2H3. The van der Waals surface area contributed by atoms with Gasteiger partial charge in [-0.25, -0.2) is 9.97 Å². The van der Waals surface area contributed by atoms with Crippen LogP contribution in [0.4, 0.5) is 11.5 Å². The molecule has 0 saturated carbocycles. The average Bonchev–Trinajstić information content (AvgIpc) is 2.84. The van der Waals surface area contributed by atoms with Crippen LogP contribution in [-0.4, -0.2) is 43.3 Å². The van der Waals surface area contributed by atoms with Gasteiger partial charge in [-0.1, -0.05) is 11.6 Å². The predicted molar refractivity (Wildman–Crippen MR) is 73.4 cm³/mol. The summed E-state index contributed by atoms with van der Waals surface area (Å²) >= 11 is 6.06. The second kappa shape index (κ2) is 6.20. The maximum Gasteiger partial charge on any atom is 0.157 e. The highest BCUT2D eigenvalue weighted by molar-refractivity contribution is 6.32. The molecule has 1 aliphatic heterocycles. The van der Waals surface area contributed by atoms with Gasteiger partial charge in [-0.15, -0.1) is 0 Å². The number of aromatic nitrogens is 2. The van der Waals surface area contributed by atoms with Crippen molar-refractivity contribution in [3.8, 4) is 0 Å². The largest absolute Gasteiger partial charge is 0.383 e.